The van der Waals surface area contributed by atoms with Crippen LogP contribution in [0.3, 0.4) is 0 Å². The Morgan fingerprint density at radius 1 is 1.50 bits per heavy atom. The van der Waals surface area contributed by atoms with Crippen LogP contribution >= 0.6 is 0 Å². The molecule has 2 unspecified atom stereocenters. The molecule has 1 N–H and O–H groups in total. The molecule has 0 aliphatic rings. The lowest BCUT2D eigenvalue weighted by Crippen LogP contribution is -2.41. The van der Waals surface area contributed by atoms with Crippen molar-refractivity contribution in [3.05, 3.63) is 29.8 Å². The molecule has 0 heterocycles. The van der Waals surface area contributed by atoms with Crippen LogP contribution in [0.2, 0.25) is 0 Å². The van der Waals surface area contributed by atoms with Crippen LogP contribution in [0.15, 0.2) is 18.2 Å². The SMILES string of the molecule is CNC(C)(C#N)CC(C)Oc1cc(F)ccc1F. The van der Waals surface area contributed by atoms with Crippen molar-refractivity contribution in [3.63, 3.8) is 0 Å². The average molecular weight is 254 g/mol. The van der Waals surface area contributed by atoms with Crippen molar-refractivity contribution in [1.82, 2.24) is 5.32 Å². The minimum Gasteiger partial charge on any atom is -0.487 e. The second kappa shape index (κ2) is 5.78. The van der Waals surface area contributed by atoms with Gasteiger partial charge in [0.15, 0.2) is 11.6 Å². The number of hydrogen-bond donors (Lipinski definition) is 1. The van der Waals surface area contributed by atoms with E-state index in [-0.39, 0.29) is 5.75 Å². The van der Waals surface area contributed by atoms with Gasteiger partial charge in [-0.3, -0.25) is 0 Å². The van der Waals surface area contributed by atoms with Crippen molar-refractivity contribution in [3.8, 4) is 11.8 Å². The van der Waals surface area contributed by atoms with Gasteiger partial charge in [0.2, 0.25) is 0 Å². The van der Waals surface area contributed by atoms with Crippen molar-refractivity contribution in [2.75, 3.05) is 7.05 Å². The lowest BCUT2D eigenvalue weighted by atomic mass is 9.97. The van der Waals surface area contributed by atoms with Gasteiger partial charge in [-0.05, 0) is 33.0 Å². The molecule has 3 nitrogen and oxygen atoms in total. The molecule has 0 aromatic heterocycles. The molecule has 0 aliphatic carbocycles. The Morgan fingerprint density at radius 3 is 2.72 bits per heavy atom. The van der Waals surface area contributed by atoms with Crippen molar-refractivity contribution >= 4 is 0 Å². The summed E-state index contributed by atoms with van der Waals surface area (Å²) in [6, 6.07) is 5.15. The Labute approximate surface area is 105 Å². The first-order chi connectivity index (χ1) is 8.40. The number of hydrogen-bond acceptors (Lipinski definition) is 3. The van der Waals surface area contributed by atoms with E-state index in [9.17, 15) is 8.78 Å². The maximum Gasteiger partial charge on any atom is 0.165 e. The fourth-order valence-electron chi connectivity index (χ4n) is 1.60. The van der Waals surface area contributed by atoms with Crippen LogP contribution < -0.4 is 10.1 Å². The smallest absolute Gasteiger partial charge is 0.165 e. The summed E-state index contributed by atoms with van der Waals surface area (Å²) in [6.45, 7) is 3.42. The molecular weight excluding hydrogens is 238 g/mol. The van der Waals surface area contributed by atoms with Crippen LogP contribution in [0.5, 0.6) is 5.75 Å². The number of benzene rings is 1. The van der Waals surface area contributed by atoms with E-state index >= 15 is 0 Å². The highest BCUT2D eigenvalue weighted by Crippen LogP contribution is 2.22. The molecule has 0 radical (unpaired) electrons. The Bertz CT molecular complexity index is 459. The predicted molar refractivity (Wildman–Crippen MR) is 64.1 cm³/mol. The molecule has 0 amide bonds. The number of ether oxygens (including phenoxy) is 1. The van der Waals surface area contributed by atoms with Crippen LogP contribution in [0.4, 0.5) is 8.78 Å². The summed E-state index contributed by atoms with van der Waals surface area (Å²) in [6.07, 6.45) is -0.0611. The molecule has 98 valence electrons. The normalized spacial score (nSPS) is 15.6. The van der Waals surface area contributed by atoms with E-state index in [1.165, 1.54) is 0 Å². The summed E-state index contributed by atoms with van der Waals surface area (Å²) >= 11 is 0. The molecule has 0 saturated heterocycles. The van der Waals surface area contributed by atoms with Gasteiger partial charge >= 0.3 is 0 Å². The second-order valence-corrected chi connectivity index (χ2v) is 4.40. The van der Waals surface area contributed by atoms with Gasteiger partial charge in [-0.15, -0.1) is 0 Å². The largest absolute Gasteiger partial charge is 0.487 e. The highest BCUT2D eigenvalue weighted by Gasteiger charge is 2.25. The van der Waals surface area contributed by atoms with Gasteiger partial charge in [-0.1, -0.05) is 0 Å². The van der Waals surface area contributed by atoms with Gasteiger partial charge in [0.05, 0.1) is 12.2 Å². The second-order valence-electron chi connectivity index (χ2n) is 4.40. The Kier molecular flexibility index (Phi) is 4.62. The number of nitriles is 1. The standard InChI is InChI=1S/C13H16F2N2O/c1-9(7-13(2,8-16)17-3)18-12-6-10(14)4-5-11(12)15/h4-6,9,17H,7H2,1-3H3. The van der Waals surface area contributed by atoms with Crippen molar-refractivity contribution < 1.29 is 13.5 Å². The molecule has 0 fully saturated rings. The highest BCUT2D eigenvalue weighted by molar-refractivity contribution is 5.25. The number of nitrogens with zero attached hydrogens (tertiary/aromatic N) is 1. The summed E-state index contributed by atoms with van der Waals surface area (Å²) in [5, 5.41) is 11.9. The number of nitrogens with one attached hydrogen (secondary N) is 1. The summed E-state index contributed by atoms with van der Waals surface area (Å²) < 4.78 is 31.6. The topological polar surface area (TPSA) is 45.0 Å². The zero-order chi connectivity index (χ0) is 13.8. The first-order valence-electron chi connectivity index (χ1n) is 5.62. The van der Waals surface area contributed by atoms with E-state index in [0.717, 1.165) is 18.2 Å². The molecule has 0 aliphatic heterocycles. The van der Waals surface area contributed by atoms with E-state index < -0.39 is 23.3 Å². The van der Waals surface area contributed by atoms with Gasteiger partial charge in [0.1, 0.15) is 11.4 Å². The van der Waals surface area contributed by atoms with Crippen LogP contribution in [0.1, 0.15) is 20.3 Å². The number of rotatable bonds is 5. The van der Waals surface area contributed by atoms with Crippen LogP contribution in [0.25, 0.3) is 0 Å². The van der Waals surface area contributed by atoms with E-state index in [2.05, 4.69) is 11.4 Å². The maximum absolute atomic E-state index is 13.4. The van der Waals surface area contributed by atoms with Gasteiger partial charge in [-0.25, -0.2) is 8.78 Å². The minimum absolute atomic E-state index is 0.140. The fraction of sp³-hybridized carbons (Fsp3) is 0.462. The van der Waals surface area contributed by atoms with Crippen molar-refractivity contribution in [2.45, 2.75) is 31.9 Å². The van der Waals surface area contributed by atoms with E-state index in [0.29, 0.717) is 6.42 Å². The summed E-state index contributed by atoms with van der Waals surface area (Å²) in [5.74, 6) is -1.32. The molecule has 5 heteroatoms. The minimum atomic E-state index is -0.761. The summed E-state index contributed by atoms with van der Waals surface area (Å²) in [5.41, 5.74) is -0.761. The first kappa shape index (κ1) is 14.4. The summed E-state index contributed by atoms with van der Waals surface area (Å²) in [7, 11) is 1.67. The Morgan fingerprint density at radius 2 is 2.17 bits per heavy atom. The fourth-order valence-corrected chi connectivity index (χ4v) is 1.60. The third-order valence-corrected chi connectivity index (χ3v) is 2.72. The van der Waals surface area contributed by atoms with Gasteiger partial charge in [-0.2, -0.15) is 5.26 Å². The molecule has 0 spiro atoms. The molecule has 0 bridgehead atoms. The average Bonchev–Trinajstić information content (AvgIpc) is 2.33. The Hall–Kier alpha value is -1.67. The maximum atomic E-state index is 13.4. The molecule has 18 heavy (non-hydrogen) atoms. The van der Waals surface area contributed by atoms with E-state index in [4.69, 9.17) is 10.00 Å². The quantitative estimate of drug-likeness (QED) is 0.878. The zero-order valence-corrected chi connectivity index (χ0v) is 10.6. The van der Waals surface area contributed by atoms with Crippen LogP contribution in [0, 0.1) is 23.0 Å². The Balaban J connectivity index is 2.73. The highest BCUT2D eigenvalue weighted by atomic mass is 19.1. The van der Waals surface area contributed by atoms with Gasteiger partial charge < -0.3 is 10.1 Å². The van der Waals surface area contributed by atoms with Crippen molar-refractivity contribution in [2.24, 2.45) is 0 Å². The lowest BCUT2D eigenvalue weighted by molar-refractivity contribution is 0.175. The predicted octanol–water partition coefficient (Wildman–Crippen LogP) is 2.62. The molecule has 2 atom stereocenters. The molecule has 1 aromatic rings. The van der Waals surface area contributed by atoms with E-state index in [1.54, 1.807) is 20.9 Å². The first-order valence-corrected chi connectivity index (χ1v) is 5.62. The van der Waals surface area contributed by atoms with Gasteiger partial charge in [0.25, 0.3) is 0 Å². The van der Waals surface area contributed by atoms with E-state index in [1.807, 2.05) is 0 Å². The van der Waals surface area contributed by atoms with Crippen LogP contribution in [-0.4, -0.2) is 18.7 Å². The summed E-state index contributed by atoms with van der Waals surface area (Å²) in [4.78, 5) is 0. The monoisotopic (exact) mass is 254 g/mol. The van der Waals surface area contributed by atoms with Crippen LogP contribution in [-0.2, 0) is 0 Å². The third kappa shape index (κ3) is 3.67. The molecule has 1 rings (SSSR count). The van der Waals surface area contributed by atoms with Gasteiger partial charge in [0, 0.05) is 12.5 Å². The molecule has 1 aromatic carbocycles. The lowest BCUT2D eigenvalue weighted by Gasteiger charge is -2.25. The number of halogens is 2. The zero-order valence-electron chi connectivity index (χ0n) is 10.6. The third-order valence-electron chi connectivity index (χ3n) is 2.72. The molecule has 0 saturated carbocycles. The van der Waals surface area contributed by atoms with Crippen molar-refractivity contribution in [1.29, 1.82) is 5.26 Å². The molecular formula is C13H16F2N2O.